The van der Waals surface area contributed by atoms with Gasteiger partial charge in [-0.2, -0.15) is 0 Å². The molecule has 0 aliphatic heterocycles. The molecule has 3 aromatic rings. The van der Waals surface area contributed by atoms with Gasteiger partial charge in [0.1, 0.15) is 18.1 Å². The number of nitrogens with two attached hydrogens (primary N) is 1. The van der Waals surface area contributed by atoms with Crippen LogP contribution in [0.15, 0.2) is 78.0 Å². The smallest absolute Gasteiger partial charge is 0.255 e. The second-order valence-electron chi connectivity index (χ2n) is 6.21. The molecule has 0 spiro atoms. The topological polar surface area (TPSA) is 73.9 Å². The highest BCUT2D eigenvalue weighted by Gasteiger charge is 2.24. The zero-order valence-electron chi connectivity index (χ0n) is 14.6. The van der Waals surface area contributed by atoms with Gasteiger partial charge in [-0.25, -0.2) is 0 Å². The first-order chi connectivity index (χ1) is 13.2. The SMILES string of the molecule is NC(=O)COc1cccc(CON=C2c3ccccc3-c3ccccc32)c1. The van der Waals surface area contributed by atoms with E-state index in [1.165, 1.54) is 0 Å². The Morgan fingerprint density at radius 3 is 2.11 bits per heavy atom. The first-order valence-corrected chi connectivity index (χ1v) is 8.61. The summed E-state index contributed by atoms with van der Waals surface area (Å²) >= 11 is 0. The van der Waals surface area contributed by atoms with Gasteiger partial charge in [0.25, 0.3) is 5.91 Å². The van der Waals surface area contributed by atoms with Crippen molar-refractivity contribution in [3.63, 3.8) is 0 Å². The molecular formula is C22H18N2O3. The van der Waals surface area contributed by atoms with Crippen LogP contribution in [-0.4, -0.2) is 18.2 Å². The van der Waals surface area contributed by atoms with Crippen LogP contribution in [0.5, 0.6) is 5.75 Å². The van der Waals surface area contributed by atoms with Gasteiger partial charge in [0.05, 0.1) is 0 Å². The summed E-state index contributed by atoms with van der Waals surface area (Å²) in [6.45, 7) is 0.141. The summed E-state index contributed by atoms with van der Waals surface area (Å²) < 4.78 is 5.31. The summed E-state index contributed by atoms with van der Waals surface area (Å²) in [4.78, 5) is 16.5. The van der Waals surface area contributed by atoms with Crippen molar-refractivity contribution in [3.05, 3.63) is 89.5 Å². The third kappa shape index (κ3) is 3.53. The van der Waals surface area contributed by atoms with Crippen LogP contribution in [0.1, 0.15) is 16.7 Å². The first kappa shape index (κ1) is 16.8. The van der Waals surface area contributed by atoms with Gasteiger partial charge >= 0.3 is 0 Å². The molecule has 0 atom stereocenters. The zero-order chi connectivity index (χ0) is 18.6. The molecule has 5 nitrogen and oxygen atoms in total. The Morgan fingerprint density at radius 2 is 1.48 bits per heavy atom. The molecule has 27 heavy (non-hydrogen) atoms. The van der Waals surface area contributed by atoms with Crippen molar-refractivity contribution in [2.24, 2.45) is 10.9 Å². The van der Waals surface area contributed by atoms with Gasteiger partial charge < -0.3 is 15.3 Å². The predicted molar refractivity (Wildman–Crippen MR) is 103 cm³/mol. The molecule has 1 aliphatic rings. The summed E-state index contributed by atoms with van der Waals surface area (Å²) in [5.74, 6) is 0.0562. The van der Waals surface area contributed by atoms with E-state index < -0.39 is 5.91 Å². The van der Waals surface area contributed by atoms with Crippen LogP contribution in [0, 0.1) is 0 Å². The Bertz CT molecular complexity index is 980. The molecule has 0 bridgehead atoms. The molecule has 0 saturated carbocycles. The summed E-state index contributed by atoms with van der Waals surface area (Å²) in [6, 6.07) is 23.7. The van der Waals surface area contributed by atoms with Crippen LogP contribution >= 0.6 is 0 Å². The Balaban J connectivity index is 1.52. The lowest BCUT2D eigenvalue weighted by atomic mass is 10.1. The number of nitrogens with zero attached hydrogens (tertiary/aromatic N) is 1. The Hall–Kier alpha value is -3.60. The van der Waals surface area contributed by atoms with Gasteiger partial charge in [-0.3, -0.25) is 4.79 Å². The van der Waals surface area contributed by atoms with Crippen molar-refractivity contribution in [2.75, 3.05) is 6.61 Å². The molecule has 0 radical (unpaired) electrons. The van der Waals surface area contributed by atoms with Gasteiger partial charge in [0, 0.05) is 11.1 Å². The maximum Gasteiger partial charge on any atom is 0.255 e. The average Bonchev–Trinajstić information content (AvgIpc) is 3.01. The largest absolute Gasteiger partial charge is 0.484 e. The molecule has 3 aromatic carbocycles. The third-order valence-corrected chi connectivity index (χ3v) is 4.32. The molecular weight excluding hydrogens is 340 g/mol. The van der Waals surface area contributed by atoms with Crippen LogP contribution in [0.4, 0.5) is 0 Å². The number of primary amides is 1. The molecule has 2 N–H and O–H groups in total. The lowest BCUT2D eigenvalue weighted by Crippen LogP contribution is -2.20. The molecule has 0 saturated heterocycles. The van der Waals surface area contributed by atoms with E-state index in [1.54, 1.807) is 12.1 Å². The Kier molecular flexibility index (Phi) is 4.58. The monoisotopic (exact) mass is 358 g/mol. The van der Waals surface area contributed by atoms with Crippen LogP contribution in [0.25, 0.3) is 11.1 Å². The maximum atomic E-state index is 10.8. The first-order valence-electron chi connectivity index (χ1n) is 8.61. The molecule has 134 valence electrons. The number of oxime groups is 1. The second kappa shape index (κ2) is 7.33. The standard InChI is InChI=1S/C22H18N2O3/c23-21(25)14-26-16-7-5-6-15(12-16)13-27-24-22-19-10-3-1-8-17(19)18-9-2-4-11-20(18)22/h1-12H,13-14H2,(H2,23,25). The molecule has 1 amide bonds. The van der Waals surface area contributed by atoms with E-state index in [-0.39, 0.29) is 6.61 Å². The van der Waals surface area contributed by atoms with Crippen LogP contribution in [0.2, 0.25) is 0 Å². The molecule has 1 aliphatic carbocycles. The van der Waals surface area contributed by atoms with Gasteiger partial charge in [-0.15, -0.1) is 0 Å². The molecule has 0 aromatic heterocycles. The minimum absolute atomic E-state index is 0.153. The normalized spacial score (nSPS) is 11.5. The number of benzene rings is 3. The van der Waals surface area contributed by atoms with Crippen molar-refractivity contribution in [1.29, 1.82) is 0 Å². The highest BCUT2D eigenvalue weighted by molar-refractivity contribution is 6.24. The number of rotatable bonds is 6. The minimum Gasteiger partial charge on any atom is -0.484 e. The maximum absolute atomic E-state index is 10.8. The van der Waals surface area contributed by atoms with Gasteiger partial charge in [0.15, 0.2) is 6.61 Å². The molecule has 5 heteroatoms. The fourth-order valence-corrected chi connectivity index (χ4v) is 3.14. The summed E-state index contributed by atoms with van der Waals surface area (Å²) in [5.41, 5.74) is 11.3. The van der Waals surface area contributed by atoms with Gasteiger partial charge in [-0.05, 0) is 28.8 Å². The second-order valence-corrected chi connectivity index (χ2v) is 6.21. The van der Waals surface area contributed by atoms with E-state index in [2.05, 4.69) is 29.4 Å². The van der Waals surface area contributed by atoms with Crippen LogP contribution in [-0.2, 0) is 16.2 Å². The van der Waals surface area contributed by atoms with Gasteiger partial charge in [0.2, 0.25) is 0 Å². The van der Waals surface area contributed by atoms with E-state index in [0.29, 0.717) is 12.4 Å². The Morgan fingerprint density at radius 1 is 0.852 bits per heavy atom. The minimum atomic E-state index is -0.512. The van der Waals surface area contributed by atoms with E-state index in [1.807, 2.05) is 36.4 Å². The molecule has 0 fully saturated rings. The van der Waals surface area contributed by atoms with Crippen molar-refractivity contribution < 1.29 is 14.4 Å². The Labute approximate surface area is 157 Å². The number of ether oxygens (including phenoxy) is 1. The number of carbonyl (C=O) groups is 1. The highest BCUT2D eigenvalue weighted by Crippen LogP contribution is 2.36. The van der Waals surface area contributed by atoms with Crippen molar-refractivity contribution in [2.45, 2.75) is 6.61 Å². The molecule has 4 rings (SSSR count). The lowest BCUT2D eigenvalue weighted by Gasteiger charge is -2.07. The van der Waals surface area contributed by atoms with E-state index in [0.717, 1.165) is 33.5 Å². The number of hydrogen-bond acceptors (Lipinski definition) is 4. The third-order valence-electron chi connectivity index (χ3n) is 4.32. The quantitative estimate of drug-likeness (QED) is 0.536. The van der Waals surface area contributed by atoms with Gasteiger partial charge in [-0.1, -0.05) is 65.8 Å². The van der Waals surface area contributed by atoms with Crippen molar-refractivity contribution in [1.82, 2.24) is 0 Å². The van der Waals surface area contributed by atoms with E-state index >= 15 is 0 Å². The van der Waals surface area contributed by atoms with Crippen molar-refractivity contribution in [3.8, 4) is 16.9 Å². The fraction of sp³-hybridized carbons (Fsp3) is 0.0909. The summed E-state index contributed by atoms with van der Waals surface area (Å²) in [5, 5.41) is 4.41. The average molecular weight is 358 g/mol. The highest BCUT2D eigenvalue weighted by atomic mass is 16.6. The number of hydrogen-bond donors (Lipinski definition) is 1. The zero-order valence-corrected chi connectivity index (χ0v) is 14.6. The summed E-state index contributed by atoms with van der Waals surface area (Å²) in [7, 11) is 0. The van der Waals surface area contributed by atoms with E-state index in [4.69, 9.17) is 15.3 Å². The predicted octanol–water partition coefficient (Wildman–Crippen LogP) is 3.50. The molecule has 0 unspecified atom stereocenters. The molecule has 0 heterocycles. The lowest BCUT2D eigenvalue weighted by molar-refractivity contribution is -0.119. The van der Waals surface area contributed by atoms with Crippen molar-refractivity contribution >= 4 is 11.6 Å². The van der Waals surface area contributed by atoms with Crippen LogP contribution < -0.4 is 10.5 Å². The van der Waals surface area contributed by atoms with E-state index in [9.17, 15) is 4.79 Å². The number of amides is 1. The van der Waals surface area contributed by atoms with Crippen LogP contribution in [0.3, 0.4) is 0 Å². The summed E-state index contributed by atoms with van der Waals surface area (Å²) in [6.07, 6.45) is 0. The number of carbonyl (C=O) groups excluding carboxylic acids is 1. The number of fused-ring (bicyclic) bond motifs is 3. The fourth-order valence-electron chi connectivity index (χ4n) is 3.14.